The predicted octanol–water partition coefficient (Wildman–Crippen LogP) is 0.458. The number of carbonyl (C=O) groups is 1. The van der Waals surface area contributed by atoms with Crippen molar-refractivity contribution in [3.63, 3.8) is 0 Å². The van der Waals surface area contributed by atoms with E-state index in [0.717, 1.165) is 0 Å². The number of amides is 1. The number of likely N-dealkylation sites (N-methyl/N-ethyl adjacent to an activating group) is 1. The monoisotopic (exact) mass is 142 g/mol. The Morgan fingerprint density at radius 1 is 1.60 bits per heavy atom. The summed E-state index contributed by atoms with van der Waals surface area (Å²) in [6, 6.07) is -0.301. The Balaban J connectivity index is 4.06. The Morgan fingerprint density at radius 2 is 2.10 bits per heavy atom. The molecular weight excluding hydrogens is 128 g/mol. The van der Waals surface area contributed by atoms with E-state index in [0.29, 0.717) is 0 Å². The Morgan fingerprint density at radius 3 is 2.20 bits per heavy atom. The third-order valence-electron chi connectivity index (χ3n) is 1.34. The van der Waals surface area contributed by atoms with Crippen LogP contribution >= 0.6 is 0 Å². The maximum atomic E-state index is 10.9. The first-order valence-electron chi connectivity index (χ1n) is 3.31. The second kappa shape index (κ2) is 4.04. The van der Waals surface area contributed by atoms with Crippen LogP contribution in [0.2, 0.25) is 0 Å². The fourth-order valence-corrected chi connectivity index (χ4v) is 0.744. The van der Waals surface area contributed by atoms with Gasteiger partial charge in [-0.3, -0.25) is 9.79 Å². The van der Waals surface area contributed by atoms with E-state index in [-0.39, 0.29) is 17.9 Å². The maximum Gasteiger partial charge on any atom is 0.244 e. The molecule has 0 aromatic rings. The Kier molecular flexibility index (Phi) is 3.69. The minimum absolute atomic E-state index is 0.0648. The van der Waals surface area contributed by atoms with Crippen LogP contribution in [0, 0.1) is 5.92 Å². The van der Waals surface area contributed by atoms with Crippen LogP contribution in [0.4, 0.5) is 0 Å². The van der Waals surface area contributed by atoms with Crippen molar-refractivity contribution in [3.8, 4) is 0 Å². The molecular formula is C7H14N2O. The smallest absolute Gasteiger partial charge is 0.244 e. The molecule has 0 rings (SSSR count). The highest BCUT2D eigenvalue weighted by molar-refractivity contribution is 5.82. The zero-order valence-electron chi connectivity index (χ0n) is 6.72. The van der Waals surface area contributed by atoms with Crippen molar-refractivity contribution in [3.05, 3.63) is 0 Å². The molecule has 58 valence electrons. The first kappa shape index (κ1) is 9.14. The van der Waals surface area contributed by atoms with E-state index >= 15 is 0 Å². The van der Waals surface area contributed by atoms with Crippen molar-refractivity contribution in [2.45, 2.75) is 19.9 Å². The number of nitrogens with one attached hydrogen (secondary N) is 1. The highest BCUT2D eigenvalue weighted by Crippen LogP contribution is 2.04. The van der Waals surface area contributed by atoms with Crippen molar-refractivity contribution in [1.82, 2.24) is 5.32 Å². The molecule has 0 bridgehead atoms. The number of aliphatic imine (C=N–C) groups is 1. The first-order valence-corrected chi connectivity index (χ1v) is 3.31. The maximum absolute atomic E-state index is 10.9. The first-order chi connectivity index (χ1) is 4.63. The normalized spacial score (nSPS) is 12.8. The molecule has 10 heavy (non-hydrogen) atoms. The third-order valence-corrected chi connectivity index (χ3v) is 1.34. The number of rotatable bonds is 3. The molecule has 0 aliphatic heterocycles. The molecule has 0 aliphatic rings. The fourth-order valence-electron chi connectivity index (χ4n) is 0.744. The van der Waals surface area contributed by atoms with Crippen LogP contribution in [-0.2, 0) is 4.79 Å². The van der Waals surface area contributed by atoms with Gasteiger partial charge in [-0.25, -0.2) is 0 Å². The second-order valence-corrected chi connectivity index (χ2v) is 2.49. The van der Waals surface area contributed by atoms with E-state index in [4.69, 9.17) is 0 Å². The standard InChI is InChI=1S/C7H14N2O/c1-5(2)6(8-3)7(10)9-4/h5-6H,3H2,1-2,4H3,(H,9,10)/t6-/m0/s1. The summed E-state index contributed by atoms with van der Waals surface area (Å²) in [5, 5.41) is 2.52. The van der Waals surface area contributed by atoms with E-state index in [1.54, 1.807) is 7.05 Å². The summed E-state index contributed by atoms with van der Waals surface area (Å²) in [5.41, 5.74) is 0. The van der Waals surface area contributed by atoms with Crippen molar-refractivity contribution in [2.24, 2.45) is 10.9 Å². The van der Waals surface area contributed by atoms with Gasteiger partial charge in [0.2, 0.25) is 5.91 Å². The molecule has 3 heteroatoms. The van der Waals surface area contributed by atoms with Crippen molar-refractivity contribution >= 4 is 12.6 Å². The van der Waals surface area contributed by atoms with Crippen molar-refractivity contribution in [2.75, 3.05) is 7.05 Å². The molecule has 1 atom stereocenters. The van der Waals surface area contributed by atoms with Crippen LogP contribution < -0.4 is 5.32 Å². The minimum Gasteiger partial charge on any atom is -0.357 e. The Labute approximate surface area is 61.5 Å². The molecule has 0 radical (unpaired) electrons. The van der Waals surface area contributed by atoms with Gasteiger partial charge in [0.05, 0.1) is 0 Å². The number of hydrogen-bond acceptors (Lipinski definition) is 2. The topological polar surface area (TPSA) is 41.5 Å². The highest BCUT2D eigenvalue weighted by Gasteiger charge is 2.17. The largest absolute Gasteiger partial charge is 0.357 e. The summed E-state index contributed by atoms with van der Waals surface area (Å²) in [5.74, 6) is 0.155. The zero-order valence-corrected chi connectivity index (χ0v) is 6.72. The predicted molar refractivity (Wildman–Crippen MR) is 42.2 cm³/mol. The molecule has 0 fully saturated rings. The lowest BCUT2D eigenvalue weighted by Crippen LogP contribution is -2.33. The van der Waals surface area contributed by atoms with Gasteiger partial charge < -0.3 is 5.32 Å². The minimum atomic E-state index is -0.301. The quantitative estimate of drug-likeness (QED) is 0.571. The molecule has 0 aromatic carbocycles. The molecule has 0 saturated carbocycles. The highest BCUT2D eigenvalue weighted by atomic mass is 16.2. The molecule has 0 aliphatic carbocycles. The van der Waals surface area contributed by atoms with Crippen LogP contribution in [0.25, 0.3) is 0 Å². The summed E-state index contributed by atoms with van der Waals surface area (Å²) in [4.78, 5) is 14.6. The average Bonchev–Trinajstić information content (AvgIpc) is 1.88. The van der Waals surface area contributed by atoms with Crippen molar-refractivity contribution < 1.29 is 4.79 Å². The van der Waals surface area contributed by atoms with Gasteiger partial charge in [-0.15, -0.1) is 0 Å². The fraction of sp³-hybridized carbons (Fsp3) is 0.714. The van der Waals surface area contributed by atoms with E-state index in [9.17, 15) is 4.79 Å². The molecule has 0 aromatic heterocycles. The number of hydrogen-bond donors (Lipinski definition) is 1. The van der Waals surface area contributed by atoms with Gasteiger partial charge in [0.1, 0.15) is 6.04 Å². The van der Waals surface area contributed by atoms with Gasteiger partial charge in [0.15, 0.2) is 0 Å². The lowest BCUT2D eigenvalue weighted by Gasteiger charge is -2.12. The molecule has 0 unspecified atom stereocenters. The second-order valence-electron chi connectivity index (χ2n) is 2.49. The number of carbonyl (C=O) groups excluding carboxylic acids is 1. The Hall–Kier alpha value is -0.860. The summed E-state index contributed by atoms with van der Waals surface area (Å²) in [6.45, 7) is 7.22. The van der Waals surface area contributed by atoms with Crippen LogP contribution in [0.5, 0.6) is 0 Å². The lowest BCUT2D eigenvalue weighted by molar-refractivity contribution is -0.122. The van der Waals surface area contributed by atoms with Gasteiger partial charge >= 0.3 is 0 Å². The summed E-state index contributed by atoms with van der Waals surface area (Å²) >= 11 is 0. The molecule has 1 amide bonds. The van der Waals surface area contributed by atoms with Gasteiger partial charge in [0, 0.05) is 7.05 Å². The van der Waals surface area contributed by atoms with Crippen LogP contribution in [0.1, 0.15) is 13.8 Å². The molecule has 3 nitrogen and oxygen atoms in total. The summed E-state index contributed by atoms with van der Waals surface area (Å²) in [7, 11) is 1.60. The van der Waals surface area contributed by atoms with E-state index in [1.807, 2.05) is 13.8 Å². The van der Waals surface area contributed by atoms with E-state index in [1.165, 1.54) is 0 Å². The Bertz CT molecular complexity index is 132. The van der Waals surface area contributed by atoms with Gasteiger partial charge in [-0.05, 0) is 12.6 Å². The van der Waals surface area contributed by atoms with Crippen molar-refractivity contribution in [1.29, 1.82) is 0 Å². The van der Waals surface area contributed by atoms with Crippen LogP contribution in [0.3, 0.4) is 0 Å². The molecule has 1 N–H and O–H groups in total. The molecule has 0 heterocycles. The van der Waals surface area contributed by atoms with Crippen LogP contribution in [0.15, 0.2) is 4.99 Å². The van der Waals surface area contributed by atoms with Gasteiger partial charge in [-0.2, -0.15) is 0 Å². The van der Waals surface area contributed by atoms with Gasteiger partial charge in [-0.1, -0.05) is 13.8 Å². The average molecular weight is 142 g/mol. The summed E-state index contributed by atoms with van der Waals surface area (Å²) < 4.78 is 0. The lowest BCUT2D eigenvalue weighted by atomic mass is 10.1. The number of nitrogens with zero attached hydrogens (tertiary/aromatic N) is 1. The van der Waals surface area contributed by atoms with E-state index in [2.05, 4.69) is 17.0 Å². The SMILES string of the molecule is C=N[C@H](C(=O)NC)C(C)C. The third kappa shape index (κ3) is 2.17. The zero-order chi connectivity index (χ0) is 8.15. The van der Waals surface area contributed by atoms with Crippen LogP contribution in [-0.4, -0.2) is 25.7 Å². The van der Waals surface area contributed by atoms with Gasteiger partial charge in [0.25, 0.3) is 0 Å². The van der Waals surface area contributed by atoms with E-state index < -0.39 is 0 Å². The summed E-state index contributed by atoms with van der Waals surface area (Å²) in [6.07, 6.45) is 0. The molecule has 0 spiro atoms. The molecule has 0 saturated heterocycles.